The van der Waals surface area contributed by atoms with Crippen LogP contribution in [0, 0.1) is 0 Å². The summed E-state index contributed by atoms with van der Waals surface area (Å²) in [7, 11) is -7.78. The van der Waals surface area contributed by atoms with Crippen molar-refractivity contribution in [3.05, 3.63) is 70.3 Å². The minimum absolute atomic E-state index is 0.0915. The zero-order valence-corrected chi connectivity index (χ0v) is 26.8. The summed E-state index contributed by atoms with van der Waals surface area (Å²) in [5.74, 6) is -1.54. The van der Waals surface area contributed by atoms with E-state index in [2.05, 4.69) is 0 Å². The normalized spacial score (nSPS) is 12.7. The van der Waals surface area contributed by atoms with Gasteiger partial charge in [0.15, 0.2) is 0 Å². The molecule has 0 fully saturated rings. The van der Waals surface area contributed by atoms with Crippen molar-refractivity contribution >= 4 is 39.3 Å². The van der Waals surface area contributed by atoms with Crippen LogP contribution in [0.4, 0.5) is 0 Å². The van der Waals surface area contributed by atoms with E-state index in [9.17, 15) is 18.7 Å². The molecular formula is C30H40O10P2. The van der Waals surface area contributed by atoms with Gasteiger partial charge in [0, 0.05) is 0 Å². The molecule has 0 atom stereocenters. The van der Waals surface area contributed by atoms with E-state index in [1.807, 2.05) is 24.3 Å². The molecule has 0 N–H and O–H groups in total. The third kappa shape index (κ3) is 9.60. The van der Waals surface area contributed by atoms with Crippen molar-refractivity contribution in [1.29, 1.82) is 0 Å². The van der Waals surface area contributed by atoms with Crippen LogP contribution >= 0.6 is 15.2 Å². The van der Waals surface area contributed by atoms with E-state index in [1.54, 1.807) is 65.8 Å². The number of hydrogen-bond donors (Lipinski definition) is 0. The summed E-state index contributed by atoms with van der Waals surface area (Å²) in [5.41, 5.74) is 2.92. The summed E-state index contributed by atoms with van der Waals surface area (Å²) in [5, 5.41) is -0.350. The van der Waals surface area contributed by atoms with Crippen molar-refractivity contribution < 1.29 is 46.3 Å². The van der Waals surface area contributed by atoms with Gasteiger partial charge in [0.05, 0.1) is 39.6 Å². The molecule has 230 valence electrons. The SMILES string of the molecule is CCOC(=O)C(=Cc1ccc(-c2ccc(C=C(C(=O)OCC)P(=O)(OCC)OCC)cc2)cc1)P(=O)(OCC)OCC. The van der Waals surface area contributed by atoms with E-state index in [0.29, 0.717) is 11.1 Å². The van der Waals surface area contributed by atoms with E-state index in [0.717, 1.165) is 11.1 Å². The summed E-state index contributed by atoms with van der Waals surface area (Å²) >= 11 is 0. The van der Waals surface area contributed by atoms with E-state index >= 15 is 0 Å². The van der Waals surface area contributed by atoms with Crippen molar-refractivity contribution in [1.82, 2.24) is 0 Å². The average molecular weight is 623 g/mol. The molecule has 0 saturated carbocycles. The number of rotatable bonds is 17. The smallest absolute Gasteiger partial charge is 0.368 e. The summed E-state index contributed by atoms with van der Waals surface area (Å²) in [4.78, 5) is 25.3. The fraction of sp³-hybridized carbons (Fsp3) is 0.400. The van der Waals surface area contributed by atoms with Gasteiger partial charge in [-0.2, -0.15) is 0 Å². The third-order valence-electron chi connectivity index (χ3n) is 5.52. The maximum Gasteiger partial charge on any atom is 0.368 e. The first-order chi connectivity index (χ1) is 20.1. The largest absolute Gasteiger partial charge is 0.462 e. The summed E-state index contributed by atoms with van der Waals surface area (Å²) in [6.45, 7) is 10.6. The Morgan fingerprint density at radius 2 is 0.810 bits per heavy atom. The van der Waals surface area contributed by atoms with Gasteiger partial charge in [-0.3, -0.25) is 9.13 Å². The molecular weight excluding hydrogens is 582 g/mol. The van der Waals surface area contributed by atoms with Gasteiger partial charge in [-0.1, -0.05) is 48.5 Å². The van der Waals surface area contributed by atoms with Crippen molar-refractivity contribution in [2.75, 3.05) is 39.6 Å². The van der Waals surface area contributed by atoms with Gasteiger partial charge in [-0.05, 0) is 75.9 Å². The Bertz CT molecular complexity index is 1210. The minimum atomic E-state index is -3.89. The van der Waals surface area contributed by atoms with Gasteiger partial charge in [-0.25, -0.2) is 9.59 Å². The predicted molar refractivity (Wildman–Crippen MR) is 163 cm³/mol. The van der Waals surface area contributed by atoms with Gasteiger partial charge in [0.2, 0.25) is 0 Å². The molecule has 12 heteroatoms. The highest BCUT2D eigenvalue weighted by Gasteiger charge is 2.37. The van der Waals surface area contributed by atoms with Crippen LogP contribution in [0.2, 0.25) is 0 Å². The standard InChI is InChI=1S/C30H40O10P2/c1-7-35-29(31)27(41(33,37-9-3)38-10-4)21-23-13-17-25(18-14-23)26-19-15-24(16-20-26)22-28(30(32)36-8-2)42(34,39-11-5)40-12-6/h13-22H,7-12H2,1-6H3. The van der Waals surface area contributed by atoms with E-state index in [-0.39, 0.29) is 50.3 Å². The lowest BCUT2D eigenvalue weighted by Gasteiger charge is -2.19. The molecule has 0 unspecified atom stereocenters. The third-order valence-corrected chi connectivity index (χ3v) is 9.71. The zero-order chi connectivity index (χ0) is 31.2. The molecule has 0 aliphatic heterocycles. The van der Waals surface area contributed by atoms with E-state index in [4.69, 9.17) is 27.6 Å². The van der Waals surface area contributed by atoms with Crippen LogP contribution in [-0.4, -0.2) is 51.6 Å². The van der Waals surface area contributed by atoms with Crippen LogP contribution in [0.25, 0.3) is 23.3 Å². The van der Waals surface area contributed by atoms with Crippen molar-refractivity contribution in [3.63, 3.8) is 0 Å². The highest BCUT2D eigenvalue weighted by Crippen LogP contribution is 2.58. The Morgan fingerprint density at radius 3 is 1.05 bits per heavy atom. The molecule has 0 aliphatic rings. The molecule has 0 aromatic heterocycles. The highest BCUT2D eigenvalue weighted by molar-refractivity contribution is 7.60. The van der Waals surface area contributed by atoms with Gasteiger partial charge in [0.1, 0.15) is 10.6 Å². The Balaban J connectivity index is 2.43. The number of ether oxygens (including phenoxy) is 2. The molecule has 2 aromatic rings. The molecule has 2 aromatic carbocycles. The van der Waals surface area contributed by atoms with Crippen molar-refractivity contribution in [3.8, 4) is 11.1 Å². The summed E-state index contributed by atoms with van der Waals surface area (Å²) in [6, 6.07) is 14.4. The molecule has 42 heavy (non-hydrogen) atoms. The van der Waals surface area contributed by atoms with Crippen LogP contribution in [0.5, 0.6) is 0 Å². The maximum absolute atomic E-state index is 13.4. The summed E-state index contributed by atoms with van der Waals surface area (Å²) < 4.78 is 58.5. The lowest BCUT2D eigenvalue weighted by Crippen LogP contribution is -2.11. The average Bonchev–Trinajstić information content (AvgIpc) is 2.96. The first kappa shape index (κ1) is 35.4. The van der Waals surface area contributed by atoms with Crippen LogP contribution in [0.15, 0.2) is 59.2 Å². The second-order valence-corrected chi connectivity index (χ2v) is 12.4. The van der Waals surface area contributed by atoms with Gasteiger partial charge < -0.3 is 27.6 Å². The maximum atomic E-state index is 13.4. The molecule has 0 spiro atoms. The van der Waals surface area contributed by atoms with Crippen molar-refractivity contribution in [2.45, 2.75) is 41.5 Å². The Kier molecular flexibility index (Phi) is 14.6. The summed E-state index contributed by atoms with van der Waals surface area (Å²) in [6.07, 6.45) is 2.90. The molecule has 0 saturated heterocycles. The Hall–Kier alpha value is -2.84. The first-order valence-corrected chi connectivity index (χ1v) is 17.0. The van der Waals surface area contributed by atoms with Crippen LogP contribution in [-0.2, 0) is 46.3 Å². The second-order valence-electron chi connectivity index (χ2n) is 8.41. The fourth-order valence-corrected chi connectivity index (χ4v) is 7.06. The van der Waals surface area contributed by atoms with Gasteiger partial charge in [-0.15, -0.1) is 0 Å². The topological polar surface area (TPSA) is 124 Å². The molecule has 0 amide bonds. The predicted octanol–water partition coefficient (Wildman–Crippen LogP) is 7.69. The molecule has 0 radical (unpaired) electrons. The molecule has 0 aliphatic carbocycles. The number of benzene rings is 2. The molecule has 10 nitrogen and oxygen atoms in total. The number of carbonyl (C=O) groups excluding carboxylic acids is 2. The lowest BCUT2D eigenvalue weighted by molar-refractivity contribution is -0.138. The van der Waals surface area contributed by atoms with E-state index in [1.165, 1.54) is 12.2 Å². The first-order valence-electron chi connectivity index (χ1n) is 13.9. The Morgan fingerprint density at radius 1 is 0.524 bits per heavy atom. The number of carbonyl (C=O) groups is 2. The van der Waals surface area contributed by atoms with Gasteiger partial charge in [0.25, 0.3) is 0 Å². The minimum Gasteiger partial charge on any atom is -0.462 e. The molecule has 0 heterocycles. The fourth-order valence-electron chi connectivity index (χ4n) is 3.80. The molecule has 2 rings (SSSR count). The van der Waals surface area contributed by atoms with Gasteiger partial charge >= 0.3 is 27.1 Å². The van der Waals surface area contributed by atoms with Crippen LogP contribution < -0.4 is 0 Å². The van der Waals surface area contributed by atoms with Crippen LogP contribution in [0.3, 0.4) is 0 Å². The van der Waals surface area contributed by atoms with Crippen LogP contribution in [0.1, 0.15) is 52.7 Å². The number of esters is 2. The highest BCUT2D eigenvalue weighted by atomic mass is 31.2. The van der Waals surface area contributed by atoms with Crippen molar-refractivity contribution in [2.24, 2.45) is 0 Å². The lowest BCUT2D eigenvalue weighted by atomic mass is 10.0. The zero-order valence-electron chi connectivity index (χ0n) is 25.0. The number of hydrogen-bond acceptors (Lipinski definition) is 10. The monoisotopic (exact) mass is 622 g/mol. The Labute approximate surface area is 248 Å². The van der Waals surface area contributed by atoms with E-state index < -0.39 is 27.1 Å². The quantitative estimate of drug-likeness (QED) is 0.0985. The second kappa shape index (κ2) is 17.3. The molecule has 0 bridgehead atoms.